The average Bonchev–Trinajstić information content (AvgIpc) is 2.57. The van der Waals surface area contributed by atoms with Gasteiger partial charge in [0.1, 0.15) is 0 Å². The number of alkyl carbamates (subject to hydrolysis) is 1. The van der Waals surface area contributed by atoms with E-state index in [9.17, 15) is 9.59 Å². The van der Waals surface area contributed by atoms with Gasteiger partial charge in [-0.2, -0.15) is 0 Å². The number of benzene rings is 1. The van der Waals surface area contributed by atoms with Gasteiger partial charge in [0.25, 0.3) is 0 Å². The second-order valence-electron chi connectivity index (χ2n) is 5.84. The van der Waals surface area contributed by atoms with Crippen LogP contribution in [0.3, 0.4) is 0 Å². The lowest BCUT2D eigenvalue weighted by atomic mass is 10.0. The first-order valence-corrected chi connectivity index (χ1v) is 8.25. The van der Waals surface area contributed by atoms with Crippen LogP contribution in [0.15, 0.2) is 30.3 Å². The lowest BCUT2D eigenvalue weighted by Crippen LogP contribution is -2.44. The molecule has 3 N–H and O–H groups in total. The van der Waals surface area contributed by atoms with Gasteiger partial charge in [-0.25, -0.2) is 9.59 Å². The minimum absolute atomic E-state index is 0.145. The van der Waals surface area contributed by atoms with Gasteiger partial charge in [0.2, 0.25) is 0 Å². The molecule has 0 aliphatic carbocycles. The number of rotatable bonds is 7. The van der Waals surface area contributed by atoms with E-state index in [-0.39, 0.29) is 19.3 Å². The molecule has 0 spiro atoms. The number of likely N-dealkylation sites (tertiary alicyclic amines) is 1. The van der Waals surface area contributed by atoms with Gasteiger partial charge in [-0.3, -0.25) is 4.90 Å². The second-order valence-corrected chi connectivity index (χ2v) is 5.84. The van der Waals surface area contributed by atoms with Crippen molar-refractivity contribution in [1.82, 2.24) is 10.2 Å². The number of carbonyl (C=O) groups is 2. The molecule has 0 radical (unpaired) electrons. The molecule has 7 nitrogen and oxygen atoms in total. The molecule has 1 fully saturated rings. The molecule has 7 heteroatoms. The number of primary amides is 1. The fourth-order valence-electron chi connectivity index (χ4n) is 2.68. The van der Waals surface area contributed by atoms with E-state index < -0.39 is 12.2 Å². The van der Waals surface area contributed by atoms with Gasteiger partial charge < -0.3 is 20.5 Å². The largest absolute Gasteiger partial charge is 0.450 e. The van der Waals surface area contributed by atoms with E-state index in [0.717, 1.165) is 32.5 Å². The van der Waals surface area contributed by atoms with E-state index in [1.54, 1.807) is 0 Å². The molecule has 1 heterocycles. The van der Waals surface area contributed by atoms with Gasteiger partial charge >= 0.3 is 12.2 Å². The number of carbonyl (C=O) groups excluding carboxylic acids is 2. The molecular weight excluding hydrogens is 310 g/mol. The van der Waals surface area contributed by atoms with Crippen LogP contribution in [-0.4, -0.2) is 49.4 Å². The highest BCUT2D eigenvalue weighted by atomic mass is 16.6. The Bertz CT molecular complexity index is 516. The van der Waals surface area contributed by atoms with Crippen LogP contribution in [0, 0.1) is 0 Å². The zero-order chi connectivity index (χ0) is 17.2. The number of nitrogens with one attached hydrogen (secondary N) is 1. The van der Waals surface area contributed by atoms with E-state index in [1.807, 2.05) is 18.2 Å². The number of hydrogen-bond donors (Lipinski definition) is 2. The van der Waals surface area contributed by atoms with Crippen molar-refractivity contribution < 1.29 is 19.1 Å². The molecule has 0 saturated carbocycles. The lowest BCUT2D eigenvalue weighted by molar-refractivity contribution is 0.115. The van der Waals surface area contributed by atoms with Gasteiger partial charge in [0, 0.05) is 32.1 Å². The molecule has 24 heavy (non-hydrogen) atoms. The van der Waals surface area contributed by atoms with E-state index in [0.29, 0.717) is 6.42 Å². The first-order chi connectivity index (χ1) is 11.6. The third-order valence-electron chi connectivity index (χ3n) is 3.92. The molecule has 132 valence electrons. The Morgan fingerprint density at radius 1 is 1.12 bits per heavy atom. The summed E-state index contributed by atoms with van der Waals surface area (Å²) in [5, 5.41) is 2.88. The van der Waals surface area contributed by atoms with Crippen molar-refractivity contribution in [2.75, 3.05) is 26.3 Å². The van der Waals surface area contributed by atoms with E-state index >= 15 is 0 Å². The van der Waals surface area contributed by atoms with Gasteiger partial charge in [0.15, 0.2) is 0 Å². The summed E-state index contributed by atoms with van der Waals surface area (Å²) in [6.07, 6.45) is 1.02. The van der Waals surface area contributed by atoms with E-state index in [1.165, 1.54) is 5.56 Å². The van der Waals surface area contributed by atoms with Crippen molar-refractivity contribution in [1.29, 1.82) is 0 Å². The van der Waals surface area contributed by atoms with Crippen molar-refractivity contribution in [3.05, 3.63) is 35.9 Å². The summed E-state index contributed by atoms with van der Waals surface area (Å²) in [5.41, 5.74) is 6.14. The van der Waals surface area contributed by atoms with Gasteiger partial charge in [-0.15, -0.1) is 0 Å². The monoisotopic (exact) mass is 335 g/mol. The molecular formula is C17H25N3O4. The zero-order valence-corrected chi connectivity index (χ0v) is 13.8. The maximum atomic E-state index is 11.7. The fourth-order valence-corrected chi connectivity index (χ4v) is 2.68. The first kappa shape index (κ1) is 18.1. The maximum absolute atomic E-state index is 11.7. The molecule has 0 unspecified atom stereocenters. The predicted octanol–water partition coefficient (Wildman–Crippen LogP) is 1.86. The molecule has 1 aromatic rings. The number of amides is 2. The Morgan fingerprint density at radius 2 is 1.79 bits per heavy atom. The minimum Gasteiger partial charge on any atom is -0.450 e. The first-order valence-electron chi connectivity index (χ1n) is 8.25. The predicted molar refractivity (Wildman–Crippen MR) is 89.4 cm³/mol. The molecule has 0 bridgehead atoms. The van der Waals surface area contributed by atoms with Crippen LogP contribution in [0.2, 0.25) is 0 Å². The Balaban J connectivity index is 1.57. The smallest absolute Gasteiger partial charge is 0.407 e. The third kappa shape index (κ3) is 6.87. The molecule has 1 aliphatic rings. The van der Waals surface area contributed by atoms with Gasteiger partial charge in [0.05, 0.1) is 13.2 Å². The second kappa shape index (κ2) is 9.77. The molecule has 1 aliphatic heterocycles. The van der Waals surface area contributed by atoms with Crippen molar-refractivity contribution >= 4 is 12.2 Å². The summed E-state index contributed by atoms with van der Waals surface area (Å²) in [5.74, 6) is 0. The lowest BCUT2D eigenvalue weighted by Gasteiger charge is -2.32. The molecule has 2 amide bonds. The summed E-state index contributed by atoms with van der Waals surface area (Å²) in [6, 6.07) is 10.5. The Morgan fingerprint density at radius 3 is 2.46 bits per heavy atom. The van der Waals surface area contributed by atoms with Crippen molar-refractivity contribution in [2.24, 2.45) is 5.73 Å². The summed E-state index contributed by atoms with van der Waals surface area (Å²) < 4.78 is 9.61. The van der Waals surface area contributed by atoms with Crippen LogP contribution in [-0.2, 0) is 16.0 Å². The molecule has 2 rings (SSSR count). The quantitative estimate of drug-likeness (QED) is 0.742. The minimum atomic E-state index is -0.818. The van der Waals surface area contributed by atoms with Crippen molar-refractivity contribution in [3.8, 4) is 0 Å². The normalized spacial score (nSPS) is 15.7. The van der Waals surface area contributed by atoms with E-state index in [4.69, 9.17) is 10.5 Å². The van der Waals surface area contributed by atoms with Gasteiger partial charge in [-0.1, -0.05) is 30.3 Å². The highest BCUT2D eigenvalue weighted by Gasteiger charge is 2.21. The van der Waals surface area contributed by atoms with Crippen LogP contribution >= 0.6 is 0 Å². The molecule has 0 aromatic heterocycles. The molecule has 1 aromatic carbocycles. The Labute approximate surface area is 142 Å². The molecule has 1 saturated heterocycles. The number of ether oxygens (including phenoxy) is 2. The van der Waals surface area contributed by atoms with E-state index in [2.05, 4.69) is 27.1 Å². The topological polar surface area (TPSA) is 93.9 Å². The maximum Gasteiger partial charge on any atom is 0.407 e. The zero-order valence-electron chi connectivity index (χ0n) is 13.8. The Kier molecular flexibility index (Phi) is 7.35. The summed E-state index contributed by atoms with van der Waals surface area (Å²) >= 11 is 0. The van der Waals surface area contributed by atoms with Crippen molar-refractivity contribution in [2.45, 2.75) is 31.8 Å². The van der Waals surface area contributed by atoms with Crippen LogP contribution in [0.5, 0.6) is 0 Å². The number of hydrogen-bond acceptors (Lipinski definition) is 5. The SMILES string of the molecule is NC(=O)OCCCOC(=O)NC1CCN(Cc2ccccc2)CC1. The van der Waals surface area contributed by atoms with Crippen LogP contribution in [0.1, 0.15) is 24.8 Å². The van der Waals surface area contributed by atoms with Crippen LogP contribution in [0.4, 0.5) is 9.59 Å². The Hall–Kier alpha value is -2.28. The summed E-state index contributed by atoms with van der Waals surface area (Å²) in [6.45, 7) is 3.20. The highest BCUT2D eigenvalue weighted by Crippen LogP contribution is 2.13. The third-order valence-corrected chi connectivity index (χ3v) is 3.92. The van der Waals surface area contributed by atoms with Gasteiger partial charge in [-0.05, 0) is 18.4 Å². The highest BCUT2D eigenvalue weighted by molar-refractivity contribution is 5.67. The summed E-state index contributed by atoms with van der Waals surface area (Å²) in [7, 11) is 0. The summed E-state index contributed by atoms with van der Waals surface area (Å²) in [4.78, 5) is 24.5. The number of piperidine rings is 1. The average molecular weight is 335 g/mol. The number of nitrogens with zero attached hydrogens (tertiary/aromatic N) is 1. The number of nitrogens with two attached hydrogens (primary N) is 1. The van der Waals surface area contributed by atoms with Crippen molar-refractivity contribution in [3.63, 3.8) is 0 Å². The standard InChI is InChI=1S/C17H25N3O4/c18-16(21)23-11-4-12-24-17(22)19-15-7-9-20(10-8-15)13-14-5-2-1-3-6-14/h1-3,5-6,15H,4,7-13H2,(H2,18,21)(H,19,22). The van der Waals surface area contributed by atoms with Crippen LogP contribution < -0.4 is 11.1 Å². The fraction of sp³-hybridized carbons (Fsp3) is 0.529. The van der Waals surface area contributed by atoms with Crippen LogP contribution in [0.25, 0.3) is 0 Å². The molecule has 0 atom stereocenters.